The van der Waals surface area contributed by atoms with Gasteiger partial charge in [0.25, 0.3) is 0 Å². The van der Waals surface area contributed by atoms with Crippen LogP contribution in [0.2, 0.25) is 0 Å². The molecule has 0 unspecified atom stereocenters. The lowest BCUT2D eigenvalue weighted by molar-refractivity contribution is -0.137. The van der Waals surface area contributed by atoms with E-state index in [9.17, 15) is 26.4 Å². The van der Waals surface area contributed by atoms with E-state index < -0.39 is 33.4 Å². The molecule has 3 rings (SSSR count). The van der Waals surface area contributed by atoms with Gasteiger partial charge in [-0.25, -0.2) is 8.42 Å². The van der Waals surface area contributed by atoms with E-state index in [-0.39, 0.29) is 6.54 Å². The zero-order valence-electron chi connectivity index (χ0n) is 16.8. The molecule has 1 amide bonds. The number of carbonyl (C=O) groups is 1. The molecule has 10 heteroatoms. The highest BCUT2D eigenvalue weighted by molar-refractivity contribution is 7.93. The third-order valence-electron chi connectivity index (χ3n) is 4.95. The molecule has 0 aliphatic carbocycles. The summed E-state index contributed by atoms with van der Waals surface area (Å²) in [5, 5.41) is 2.41. The van der Waals surface area contributed by atoms with Crippen LogP contribution in [0.15, 0.2) is 48.5 Å². The molecule has 0 bridgehead atoms. The minimum Gasteiger partial charge on any atom is -0.372 e. The Labute approximate surface area is 179 Å². The summed E-state index contributed by atoms with van der Waals surface area (Å²) in [6, 6.07) is 11.3. The topological polar surface area (TPSA) is 78.5 Å². The van der Waals surface area contributed by atoms with E-state index in [1.54, 1.807) is 12.1 Å². The monoisotopic (exact) mass is 455 g/mol. The maximum absolute atomic E-state index is 12.6. The fraction of sp³-hybridized carbons (Fsp3) is 0.381. The Hall–Kier alpha value is -2.75. The van der Waals surface area contributed by atoms with Crippen molar-refractivity contribution in [3.63, 3.8) is 0 Å². The first-order chi connectivity index (χ1) is 14.6. The Kier molecular flexibility index (Phi) is 7.09. The van der Waals surface area contributed by atoms with Gasteiger partial charge in [0.2, 0.25) is 15.9 Å². The largest absolute Gasteiger partial charge is 0.416 e. The van der Waals surface area contributed by atoms with Crippen LogP contribution in [0.3, 0.4) is 0 Å². The SMILES string of the molecule is O=C(CS(=O)(=O)Nc1ccc(N2CCCCC2)cc1)NCc1ccc(C(F)(F)F)cc1. The quantitative estimate of drug-likeness (QED) is 0.667. The highest BCUT2D eigenvalue weighted by atomic mass is 32.2. The van der Waals surface area contributed by atoms with Crippen molar-refractivity contribution in [2.24, 2.45) is 0 Å². The zero-order valence-corrected chi connectivity index (χ0v) is 17.6. The smallest absolute Gasteiger partial charge is 0.372 e. The fourth-order valence-corrected chi connectivity index (χ4v) is 4.36. The number of alkyl halides is 3. The van der Waals surface area contributed by atoms with Gasteiger partial charge in [0.05, 0.1) is 5.56 Å². The molecule has 0 aromatic heterocycles. The summed E-state index contributed by atoms with van der Waals surface area (Å²) in [5.74, 6) is -1.54. The molecule has 6 nitrogen and oxygen atoms in total. The van der Waals surface area contributed by atoms with Crippen LogP contribution in [0.4, 0.5) is 24.5 Å². The van der Waals surface area contributed by atoms with Gasteiger partial charge < -0.3 is 10.2 Å². The maximum atomic E-state index is 12.6. The van der Waals surface area contributed by atoms with Crippen LogP contribution in [0.5, 0.6) is 0 Å². The molecule has 0 saturated carbocycles. The van der Waals surface area contributed by atoms with Gasteiger partial charge in [-0.2, -0.15) is 13.2 Å². The van der Waals surface area contributed by atoms with Crippen molar-refractivity contribution in [1.29, 1.82) is 0 Å². The summed E-state index contributed by atoms with van der Waals surface area (Å²) >= 11 is 0. The minimum atomic E-state index is -4.44. The highest BCUT2D eigenvalue weighted by Gasteiger charge is 2.29. The van der Waals surface area contributed by atoms with Crippen LogP contribution in [0, 0.1) is 0 Å². The van der Waals surface area contributed by atoms with Gasteiger partial charge >= 0.3 is 6.18 Å². The third-order valence-corrected chi connectivity index (χ3v) is 6.14. The van der Waals surface area contributed by atoms with Gasteiger partial charge in [-0.3, -0.25) is 9.52 Å². The second-order valence-corrected chi connectivity index (χ2v) is 9.15. The molecule has 1 fully saturated rings. The number of rotatable bonds is 7. The predicted octanol–water partition coefficient (Wildman–Crippen LogP) is 3.75. The Morgan fingerprint density at radius 3 is 2.13 bits per heavy atom. The van der Waals surface area contributed by atoms with Crippen molar-refractivity contribution in [2.45, 2.75) is 32.0 Å². The third kappa shape index (κ3) is 6.88. The standard InChI is InChI=1S/C21H24F3N3O3S/c22-21(23,24)17-6-4-16(5-7-17)14-25-20(28)15-31(29,30)26-18-8-10-19(11-9-18)27-12-2-1-3-13-27/h4-11,26H,1-3,12-15H2,(H,25,28). The molecule has 2 aromatic carbocycles. The van der Waals surface area contributed by atoms with Crippen LogP contribution in [0.1, 0.15) is 30.4 Å². The van der Waals surface area contributed by atoms with E-state index in [1.807, 2.05) is 12.1 Å². The zero-order chi connectivity index (χ0) is 22.5. The molecule has 0 radical (unpaired) electrons. The fourth-order valence-electron chi connectivity index (χ4n) is 3.34. The molecule has 1 aliphatic heterocycles. The molecule has 31 heavy (non-hydrogen) atoms. The number of hydrogen-bond donors (Lipinski definition) is 2. The van der Waals surface area contributed by atoms with E-state index in [0.29, 0.717) is 11.3 Å². The molecule has 2 N–H and O–H groups in total. The second-order valence-electron chi connectivity index (χ2n) is 7.43. The van der Waals surface area contributed by atoms with Gasteiger partial charge in [0.15, 0.2) is 0 Å². The number of benzene rings is 2. The Morgan fingerprint density at radius 1 is 0.935 bits per heavy atom. The van der Waals surface area contributed by atoms with Gasteiger partial charge in [0, 0.05) is 31.0 Å². The molecular formula is C21H24F3N3O3S. The summed E-state index contributed by atoms with van der Waals surface area (Å²) in [7, 11) is -3.93. The Balaban J connectivity index is 1.50. The summed E-state index contributed by atoms with van der Waals surface area (Å²) in [5.41, 5.74) is 1.02. The lowest BCUT2D eigenvalue weighted by Gasteiger charge is -2.28. The Morgan fingerprint density at radius 2 is 1.55 bits per heavy atom. The van der Waals surface area contributed by atoms with Crippen molar-refractivity contribution in [1.82, 2.24) is 5.32 Å². The Bertz CT molecular complexity index is 985. The number of hydrogen-bond acceptors (Lipinski definition) is 4. The summed E-state index contributed by atoms with van der Waals surface area (Å²) < 4.78 is 64.6. The van der Waals surface area contributed by atoms with Gasteiger partial charge in [-0.05, 0) is 61.2 Å². The number of piperidine rings is 1. The molecule has 1 saturated heterocycles. The number of carbonyl (C=O) groups excluding carboxylic acids is 1. The first-order valence-corrected chi connectivity index (χ1v) is 11.6. The van der Waals surface area contributed by atoms with Gasteiger partial charge in [0.1, 0.15) is 5.75 Å². The number of anilines is 2. The summed E-state index contributed by atoms with van der Waals surface area (Å²) in [4.78, 5) is 14.2. The van der Waals surface area contributed by atoms with Crippen molar-refractivity contribution in [2.75, 3.05) is 28.5 Å². The average Bonchev–Trinajstić information content (AvgIpc) is 2.72. The van der Waals surface area contributed by atoms with E-state index in [0.717, 1.165) is 43.8 Å². The van der Waals surface area contributed by atoms with Crippen LogP contribution >= 0.6 is 0 Å². The van der Waals surface area contributed by atoms with Crippen molar-refractivity contribution in [3.8, 4) is 0 Å². The number of nitrogens with one attached hydrogen (secondary N) is 2. The van der Waals surface area contributed by atoms with Crippen LogP contribution in [-0.2, 0) is 27.5 Å². The lowest BCUT2D eigenvalue weighted by Crippen LogP contribution is -2.32. The number of amides is 1. The number of sulfonamides is 1. The molecule has 168 valence electrons. The van der Waals surface area contributed by atoms with Crippen LogP contribution in [-0.4, -0.2) is 33.2 Å². The highest BCUT2D eigenvalue weighted by Crippen LogP contribution is 2.29. The van der Waals surface area contributed by atoms with E-state index in [1.165, 1.54) is 18.6 Å². The second kappa shape index (κ2) is 9.59. The number of halogens is 3. The molecule has 2 aromatic rings. The molecule has 1 aliphatic rings. The van der Waals surface area contributed by atoms with Crippen molar-refractivity contribution in [3.05, 3.63) is 59.7 Å². The molecule has 0 atom stereocenters. The summed E-state index contributed by atoms with van der Waals surface area (Å²) in [6.45, 7) is 1.88. The van der Waals surface area contributed by atoms with E-state index >= 15 is 0 Å². The number of nitrogens with zero attached hydrogens (tertiary/aromatic N) is 1. The molecular weight excluding hydrogens is 431 g/mol. The predicted molar refractivity (Wildman–Crippen MR) is 113 cm³/mol. The maximum Gasteiger partial charge on any atom is 0.416 e. The van der Waals surface area contributed by atoms with Crippen LogP contribution in [0.25, 0.3) is 0 Å². The molecule has 1 heterocycles. The first-order valence-electron chi connectivity index (χ1n) is 9.91. The lowest BCUT2D eigenvalue weighted by atomic mass is 10.1. The van der Waals surface area contributed by atoms with Crippen molar-refractivity contribution >= 4 is 27.3 Å². The van der Waals surface area contributed by atoms with Gasteiger partial charge in [-0.15, -0.1) is 0 Å². The molecule has 0 spiro atoms. The minimum absolute atomic E-state index is 0.0724. The van der Waals surface area contributed by atoms with E-state index in [2.05, 4.69) is 14.9 Å². The van der Waals surface area contributed by atoms with Crippen LogP contribution < -0.4 is 14.9 Å². The van der Waals surface area contributed by atoms with E-state index in [4.69, 9.17) is 0 Å². The van der Waals surface area contributed by atoms with Gasteiger partial charge in [-0.1, -0.05) is 12.1 Å². The first kappa shape index (κ1) is 22.9. The average molecular weight is 456 g/mol. The van der Waals surface area contributed by atoms with Crippen molar-refractivity contribution < 1.29 is 26.4 Å². The normalized spacial score (nSPS) is 14.9. The summed E-state index contributed by atoms with van der Waals surface area (Å²) in [6.07, 6.45) is -0.950.